The first-order valence-corrected chi connectivity index (χ1v) is 10.9. The Hall–Kier alpha value is -3.04. The van der Waals surface area contributed by atoms with E-state index in [0.29, 0.717) is 11.3 Å². The van der Waals surface area contributed by atoms with Crippen molar-refractivity contribution < 1.29 is 27.5 Å². The summed E-state index contributed by atoms with van der Waals surface area (Å²) in [5.41, 5.74) is 3.31. The first-order chi connectivity index (χ1) is 14.2. The summed E-state index contributed by atoms with van der Waals surface area (Å²) >= 11 is 0. The summed E-state index contributed by atoms with van der Waals surface area (Å²) in [6.07, 6.45) is 3.01. The predicted molar refractivity (Wildman–Crippen MR) is 110 cm³/mol. The van der Waals surface area contributed by atoms with Crippen molar-refractivity contribution >= 4 is 33.4 Å². The van der Waals surface area contributed by atoms with Gasteiger partial charge in [-0.25, -0.2) is 8.42 Å². The number of carbonyl (C=O) groups is 3. The average Bonchev–Trinajstić information content (AvgIpc) is 3.18. The number of fused-ring (bicyclic) bond motifs is 1. The second kappa shape index (κ2) is 9.19. The molecule has 0 aromatic heterocycles. The Kier molecular flexibility index (Phi) is 6.63. The van der Waals surface area contributed by atoms with Crippen LogP contribution in [-0.4, -0.2) is 39.2 Å². The number of anilines is 1. The number of Topliss-reactive ketones (excluding diaryl/α,β-unsaturated/α-hetero) is 1. The smallest absolute Gasteiger partial charge is 0.321 e. The molecule has 0 atom stereocenters. The second-order valence-corrected chi connectivity index (χ2v) is 8.72. The maximum atomic E-state index is 12.3. The first-order valence-electron chi connectivity index (χ1n) is 9.42. The van der Waals surface area contributed by atoms with E-state index in [1.165, 1.54) is 36.8 Å². The Morgan fingerprint density at radius 3 is 2.40 bits per heavy atom. The topological polar surface area (TPSA) is 119 Å². The van der Waals surface area contributed by atoms with Crippen molar-refractivity contribution in [1.29, 1.82) is 0 Å². The number of benzene rings is 2. The highest BCUT2D eigenvalue weighted by Gasteiger charge is 2.18. The minimum Gasteiger partial charge on any atom is -0.456 e. The van der Waals surface area contributed by atoms with Crippen LogP contribution in [0.25, 0.3) is 0 Å². The van der Waals surface area contributed by atoms with Crippen LogP contribution in [0, 0.1) is 0 Å². The third-order valence-corrected chi connectivity index (χ3v) is 6.09. The van der Waals surface area contributed by atoms with E-state index in [-0.39, 0.29) is 16.6 Å². The molecule has 30 heavy (non-hydrogen) atoms. The fourth-order valence-electron chi connectivity index (χ4n) is 3.18. The molecule has 1 amide bonds. The molecule has 0 heterocycles. The molecule has 2 N–H and O–H groups in total. The molecule has 0 aliphatic heterocycles. The van der Waals surface area contributed by atoms with Crippen molar-refractivity contribution in [3.05, 3.63) is 59.2 Å². The molecule has 1 aliphatic carbocycles. The van der Waals surface area contributed by atoms with Gasteiger partial charge in [-0.2, -0.15) is 4.72 Å². The molecule has 0 spiro atoms. The standard InChI is InChI=1S/C21H22N2O6S/c1-14(24)23-18-7-9-19(10-8-18)30(27,28)22-12-21(26)29-13-20(25)17-6-5-15-3-2-4-16(15)11-17/h5-11,22H,2-4,12-13H2,1H3,(H,23,24). The molecule has 0 saturated carbocycles. The molecule has 1 aliphatic rings. The van der Waals surface area contributed by atoms with E-state index in [1.807, 2.05) is 12.1 Å². The highest BCUT2D eigenvalue weighted by Crippen LogP contribution is 2.23. The van der Waals surface area contributed by atoms with Gasteiger partial charge in [0.2, 0.25) is 15.9 Å². The maximum Gasteiger partial charge on any atom is 0.321 e. The van der Waals surface area contributed by atoms with Gasteiger partial charge in [0.25, 0.3) is 0 Å². The fourth-order valence-corrected chi connectivity index (χ4v) is 4.15. The molecule has 0 bridgehead atoms. The summed E-state index contributed by atoms with van der Waals surface area (Å²) in [7, 11) is -3.95. The van der Waals surface area contributed by atoms with Gasteiger partial charge in [-0.3, -0.25) is 14.4 Å². The van der Waals surface area contributed by atoms with Crippen molar-refractivity contribution in [1.82, 2.24) is 4.72 Å². The Morgan fingerprint density at radius 2 is 1.70 bits per heavy atom. The summed E-state index contributed by atoms with van der Waals surface area (Å²) in [4.78, 5) is 35.0. The molecule has 0 unspecified atom stereocenters. The molecule has 158 valence electrons. The number of esters is 1. The number of aryl methyl sites for hydroxylation is 2. The van der Waals surface area contributed by atoms with E-state index in [9.17, 15) is 22.8 Å². The molecule has 9 heteroatoms. The number of amides is 1. The highest BCUT2D eigenvalue weighted by atomic mass is 32.2. The number of carbonyl (C=O) groups excluding carboxylic acids is 3. The van der Waals surface area contributed by atoms with Gasteiger partial charge in [0.1, 0.15) is 6.54 Å². The zero-order valence-electron chi connectivity index (χ0n) is 16.4. The average molecular weight is 430 g/mol. The maximum absolute atomic E-state index is 12.3. The van der Waals surface area contributed by atoms with Gasteiger partial charge in [0.15, 0.2) is 12.4 Å². The predicted octanol–water partition coefficient (Wildman–Crippen LogP) is 1.84. The monoisotopic (exact) mass is 430 g/mol. The minimum absolute atomic E-state index is 0.0707. The number of rotatable bonds is 8. The fraction of sp³-hybridized carbons (Fsp3) is 0.286. The van der Waals surface area contributed by atoms with Gasteiger partial charge >= 0.3 is 5.97 Å². The molecular formula is C21H22N2O6S. The summed E-state index contributed by atoms with van der Waals surface area (Å²) in [6.45, 7) is 0.283. The van der Waals surface area contributed by atoms with E-state index in [0.717, 1.165) is 24.8 Å². The number of hydrogen-bond donors (Lipinski definition) is 2. The van der Waals surface area contributed by atoms with Crippen molar-refractivity contribution in [3.8, 4) is 0 Å². The molecular weight excluding hydrogens is 408 g/mol. The largest absolute Gasteiger partial charge is 0.456 e. The van der Waals surface area contributed by atoms with Crippen molar-refractivity contribution in [2.45, 2.75) is 31.1 Å². The van der Waals surface area contributed by atoms with Crippen LogP contribution in [0.5, 0.6) is 0 Å². The zero-order valence-corrected chi connectivity index (χ0v) is 17.3. The lowest BCUT2D eigenvalue weighted by Crippen LogP contribution is -2.31. The Balaban J connectivity index is 1.50. The van der Waals surface area contributed by atoms with Gasteiger partial charge in [0.05, 0.1) is 4.90 Å². The van der Waals surface area contributed by atoms with Crippen LogP contribution in [0.4, 0.5) is 5.69 Å². The molecule has 8 nitrogen and oxygen atoms in total. The zero-order chi connectivity index (χ0) is 21.7. The van der Waals surface area contributed by atoms with Gasteiger partial charge in [0, 0.05) is 18.2 Å². The molecule has 2 aromatic rings. The van der Waals surface area contributed by atoms with Crippen LogP contribution < -0.4 is 10.0 Å². The molecule has 0 fully saturated rings. The first kappa shape index (κ1) is 21.7. The quantitative estimate of drug-likeness (QED) is 0.487. The lowest BCUT2D eigenvalue weighted by molar-refractivity contribution is -0.141. The van der Waals surface area contributed by atoms with Crippen LogP contribution in [0.3, 0.4) is 0 Å². The minimum atomic E-state index is -3.95. The lowest BCUT2D eigenvalue weighted by Gasteiger charge is -2.09. The van der Waals surface area contributed by atoms with E-state index >= 15 is 0 Å². The third kappa shape index (κ3) is 5.52. The molecule has 2 aromatic carbocycles. The van der Waals surface area contributed by atoms with Crippen molar-refractivity contribution in [2.24, 2.45) is 0 Å². The van der Waals surface area contributed by atoms with Crippen molar-refractivity contribution in [2.75, 3.05) is 18.5 Å². The van der Waals surface area contributed by atoms with Crippen LogP contribution in [-0.2, 0) is 37.2 Å². The number of sulfonamides is 1. The normalized spacial score (nSPS) is 12.8. The summed E-state index contributed by atoms with van der Waals surface area (Å²) in [5, 5.41) is 2.53. The number of nitrogens with one attached hydrogen (secondary N) is 2. The lowest BCUT2D eigenvalue weighted by atomic mass is 10.0. The van der Waals surface area contributed by atoms with Crippen LogP contribution in [0.1, 0.15) is 34.8 Å². The summed E-state index contributed by atoms with van der Waals surface area (Å²) < 4.78 is 31.6. The molecule has 3 rings (SSSR count). The van der Waals surface area contributed by atoms with Crippen LogP contribution in [0.15, 0.2) is 47.4 Å². The Labute approximate surface area is 174 Å². The van der Waals surface area contributed by atoms with E-state index in [2.05, 4.69) is 10.0 Å². The van der Waals surface area contributed by atoms with E-state index < -0.39 is 29.1 Å². The van der Waals surface area contributed by atoms with Crippen LogP contribution >= 0.6 is 0 Å². The second-order valence-electron chi connectivity index (χ2n) is 6.95. The summed E-state index contributed by atoms with van der Waals surface area (Å²) in [6, 6.07) is 10.9. The molecule has 0 saturated heterocycles. The molecule has 0 radical (unpaired) electrons. The van der Waals surface area contributed by atoms with E-state index in [4.69, 9.17) is 4.74 Å². The van der Waals surface area contributed by atoms with Crippen molar-refractivity contribution in [3.63, 3.8) is 0 Å². The Bertz CT molecular complexity index is 1080. The Morgan fingerprint density at radius 1 is 1.00 bits per heavy atom. The van der Waals surface area contributed by atoms with Gasteiger partial charge in [-0.15, -0.1) is 0 Å². The van der Waals surface area contributed by atoms with Gasteiger partial charge < -0.3 is 10.1 Å². The highest BCUT2D eigenvalue weighted by molar-refractivity contribution is 7.89. The summed E-state index contributed by atoms with van der Waals surface area (Å²) in [5.74, 6) is -1.47. The van der Waals surface area contributed by atoms with Gasteiger partial charge in [-0.1, -0.05) is 12.1 Å². The van der Waals surface area contributed by atoms with E-state index in [1.54, 1.807) is 6.07 Å². The third-order valence-electron chi connectivity index (χ3n) is 4.68. The number of hydrogen-bond acceptors (Lipinski definition) is 6. The SMILES string of the molecule is CC(=O)Nc1ccc(S(=O)(=O)NCC(=O)OCC(=O)c2ccc3c(c2)CCC3)cc1. The number of ketones is 1. The van der Waals surface area contributed by atoms with Gasteiger partial charge in [-0.05, 0) is 60.7 Å². The van der Waals surface area contributed by atoms with Crippen LogP contribution in [0.2, 0.25) is 0 Å². The number of ether oxygens (including phenoxy) is 1.